The Kier molecular flexibility index (Phi) is 4.07. The highest BCUT2D eigenvalue weighted by atomic mass is 35.5. The van der Waals surface area contributed by atoms with E-state index in [9.17, 15) is 18.5 Å². The van der Waals surface area contributed by atoms with Crippen molar-refractivity contribution < 1.29 is 13.3 Å². The van der Waals surface area contributed by atoms with E-state index in [1.807, 2.05) is 0 Å². The number of benzene rings is 1. The van der Waals surface area contributed by atoms with Gasteiger partial charge in [0.2, 0.25) is 0 Å². The molecule has 6 nitrogen and oxygen atoms in total. The zero-order chi connectivity index (χ0) is 14.9. The molecule has 20 heavy (non-hydrogen) atoms. The number of aromatic nitrogens is 1. The highest BCUT2D eigenvalue weighted by molar-refractivity contribution is 7.90. The predicted molar refractivity (Wildman–Crippen MR) is 75.8 cm³/mol. The van der Waals surface area contributed by atoms with Gasteiger partial charge in [0.05, 0.1) is 14.8 Å². The first-order chi connectivity index (χ1) is 9.29. The number of aryl methyl sites for hydroxylation is 1. The second-order valence-corrected chi connectivity index (χ2v) is 7.56. The van der Waals surface area contributed by atoms with Crippen LogP contribution in [0.4, 0.5) is 5.00 Å². The highest BCUT2D eigenvalue weighted by Crippen LogP contribution is 2.29. The van der Waals surface area contributed by atoms with E-state index in [4.69, 9.17) is 11.6 Å². The lowest BCUT2D eigenvalue weighted by Crippen LogP contribution is -2.06. The van der Waals surface area contributed by atoms with E-state index in [-0.39, 0.29) is 15.6 Å². The van der Waals surface area contributed by atoms with E-state index >= 15 is 0 Å². The van der Waals surface area contributed by atoms with Crippen molar-refractivity contribution in [2.75, 3.05) is 0 Å². The van der Waals surface area contributed by atoms with Crippen molar-refractivity contribution in [1.82, 2.24) is 4.98 Å². The maximum absolute atomic E-state index is 12.2. The molecule has 1 heterocycles. The van der Waals surface area contributed by atoms with E-state index in [1.54, 1.807) is 6.92 Å². The summed E-state index contributed by atoms with van der Waals surface area (Å²) in [6.45, 7) is 1.59. The maximum Gasteiger partial charge on any atom is 0.348 e. The minimum absolute atomic E-state index is 0.0348. The normalized spacial score (nSPS) is 11.5. The van der Waals surface area contributed by atoms with Crippen molar-refractivity contribution >= 4 is 37.8 Å². The lowest BCUT2D eigenvalue weighted by Gasteiger charge is -2.02. The Morgan fingerprint density at radius 1 is 1.35 bits per heavy atom. The maximum atomic E-state index is 12.2. The lowest BCUT2D eigenvalue weighted by atomic mass is 10.4. The molecule has 0 aliphatic rings. The average Bonchev–Trinajstić information content (AvgIpc) is 2.70. The molecule has 0 radical (unpaired) electrons. The van der Waals surface area contributed by atoms with Gasteiger partial charge in [0.25, 0.3) is 0 Å². The summed E-state index contributed by atoms with van der Waals surface area (Å²) >= 11 is 6.56. The van der Waals surface area contributed by atoms with Gasteiger partial charge in [-0.15, -0.1) is 0 Å². The topological polar surface area (TPSA) is 90.2 Å². The van der Waals surface area contributed by atoms with Crippen LogP contribution in [0.5, 0.6) is 0 Å². The summed E-state index contributed by atoms with van der Waals surface area (Å²) in [7, 11) is -3.69. The minimum atomic E-state index is -3.69. The Hall–Kier alpha value is -1.51. The zero-order valence-corrected chi connectivity index (χ0v) is 12.6. The number of thiazole rings is 1. The van der Waals surface area contributed by atoms with Gasteiger partial charge >= 0.3 is 5.00 Å². The van der Waals surface area contributed by atoms with Gasteiger partial charge in [-0.05, 0) is 42.5 Å². The number of halogens is 1. The molecule has 0 atom stereocenters. The molecule has 1 aromatic heterocycles. The molecular weight excluding hydrogens is 324 g/mol. The first-order valence-corrected chi connectivity index (χ1v) is 8.23. The van der Waals surface area contributed by atoms with Crippen molar-refractivity contribution in [3.63, 3.8) is 0 Å². The molecule has 1 aromatic carbocycles. The van der Waals surface area contributed by atoms with Crippen LogP contribution in [0.1, 0.15) is 10.7 Å². The van der Waals surface area contributed by atoms with E-state index in [2.05, 4.69) is 4.98 Å². The Labute approximate surface area is 124 Å². The molecule has 0 unspecified atom stereocenters. The summed E-state index contributed by atoms with van der Waals surface area (Å²) in [5.74, 6) is -0.505. The first-order valence-electron chi connectivity index (χ1n) is 5.38. The molecule has 0 bridgehead atoms. The number of sulfone groups is 1. The van der Waals surface area contributed by atoms with E-state index < -0.39 is 20.5 Å². The smallest absolute Gasteiger partial charge is 0.257 e. The van der Waals surface area contributed by atoms with Gasteiger partial charge in [0.15, 0.2) is 9.84 Å². The number of nitrogens with zero attached hydrogens (tertiary/aromatic N) is 2. The summed E-state index contributed by atoms with van der Waals surface area (Å²) in [5, 5.41) is 11.5. The molecule has 106 valence electrons. The molecular formula is C11H9ClN2O4S2. The van der Waals surface area contributed by atoms with Crippen LogP contribution < -0.4 is 0 Å². The van der Waals surface area contributed by atoms with Crippen LogP contribution in [0.25, 0.3) is 0 Å². The monoisotopic (exact) mass is 332 g/mol. The van der Waals surface area contributed by atoms with Crippen molar-refractivity contribution in [3.8, 4) is 0 Å². The molecule has 0 N–H and O–H groups in total. The van der Waals surface area contributed by atoms with Crippen molar-refractivity contribution in [2.45, 2.75) is 17.6 Å². The summed E-state index contributed by atoms with van der Waals surface area (Å²) in [6, 6.07) is 5.63. The fraction of sp³-hybridized carbons (Fsp3) is 0.182. The van der Waals surface area contributed by atoms with Crippen molar-refractivity contribution in [2.24, 2.45) is 0 Å². The number of rotatable bonds is 4. The van der Waals surface area contributed by atoms with Crippen LogP contribution in [-0.4, -0.2) is 18.3 Å². The average molecular weight is 333 g/mol. The van der Waals surface area contributed by atoms with Crippen LogP contribution in [0.2, 0.25) is 5.02 Å². The van der Waals surface area contributed by atoms with Crippen LogP contribution in [-0.2, 0) is 15.6 Å². The summed E-state index contributed by atoms with van der Waals surface area (Å²) < 4.78 is 24.4. The second-order valence-electron chi connectivity index (χ2n) is 3.95. The predicted octanol–water partition coefficient (Wildman–Crippen LogP) is 2.99. The van der Waals surface area contributed by atoms with Gasteiger partial charge in [-0.3, -0.25) is 10.1 Å². The van der Waals surface area contributed by atoms with Crippen molar-refractivity contribution in [3.05, 3.63) is 50.1 Å². The van der Waals surface area contributed by atoms with Crippen LogP contribution in [0, 0.1) is 17.0 Å². The molecule has 9 heteroatoms. The van der Waals surface area contributed by atoms with Gasteiger partial charge in [0, 0.05) is 5.02 Å². The quantitative estimate of drug-likeness (QED) is 0.634. The molecule has 2 rings (SSSR count). The Morgan fingerprint density at radius 2 is 1.95 bits per heavy atom. The molecule has 0 saturated carbocycles. The number of nitro groups is 1. The Bertz CT molecular complexity index is 753. The molecule has 2 aromatic rings. The summed E-state index contributed by atoms with van der Waals surface area (Å²) in [4.78, 5) is 14.2. The molecule has 0 spiro atoms. The fourth-order valence-electron chi connectivity index (χ4n) is 1.60. The van der Waals surface area contributed by atoms with Crippen molar-refractivity contribution in [1.29, 1.82) is 0 Å². The third kappa shape index (κ3) is 3.14. The molecule has 0 aliphatic heterocycles. The largest absolute Gasteiger partial charge is 0.348 e. The van der Waals surface area contributed by atoms with E-state index in [0.717, 1.165) is 11.3 Å². The van der Waals surface area contributed by atoms with Gasteiger partial charge in [-0.1, -0.05) is 11.6 Å². The fourth-order valence-corrected chi connectivity index (χ4v) is 3.84. The molecule has 0 fully saturated rings. The SMILES string of the molecule is Cc1nc(CS(=O)(=O)c2ccc(Cl)cc2)c([N+](=O)[O-])s1. The third-order valence-electron chi connectivity index (χ3n) is 2.45. The Morgan fingerprint density at radius 3 is 2.50 bits per heavy atom. The molecule has 0 aliphatic carbocycles. The summed E-state index contributed by atoms with van der Waals surface area (Å²) in [6.07, 6.45) is 0. The lowest BCUT2D eigenvalue weighted by molar-refractivity contribution is -0.381. The minimum Gasteiger partial charge on any atom is -0.257 e. The first kappa shape index (κ1) is 14.9. The number of hydrogen-bond donors (Lipinski definition) is 0. The van der Waals surface area contributed by atoms with Gasteiger partial charge in [0.1, 0.15) is 11.4 Å². The molecule has 0 saturated heterocycles. The third-order valence-corrected chi connectivity index (χ3v) is 5.31. The van der Waals surface area contributed by atoms with Crippen LogP contribution >= 0.6 is 22.9 Å². The van der Waals surface area contributed by atoms with E-state index in [1.165, 1.54) is 24.3 Å². The standard InChI is InChI=1S/C11H9ClN2O4S2/c1-7-13-10(11(19-7)14(15)16)6-20(17,18)9-4-2-8(12)3-5-9/h2-5H,6H2,1H3. The van der Waals surface area contributed by atoms with Gasteiger partial charge in [-0.2, -0.15) is 0 Å². The molecule has 0 amide bonds. The van der Waals surface area contributed by atoms with Gasteiger partial charge in [-0.25, -0.2) is 13.4 Å². The second kappa shape index (κ2) is 5.47. The van der Waals surface area contributed by atoms with Crippen LogP contribution in [0.15, 0.2) is 29.2 Å². The van der Waals surface area contributed by atoms with E-state index in [0.29, 0.717) is 10.0 Å². The summed E-state index contributed by atoms with van der Waals surface area (Å²) in [5.41, 5.74) is -0.0348. The highest BCUT2D eigenvalue weighted by Gasteiger charge is 2.26. The van der Waals surface area contributed by atoms with Gasteiger partial charge < -0.3 is 0 Å². The Balaban J connectivity index is 2.38. The zero-order valence-electron chi connectivity index (χ0n) is 10.2. The number of hydrogen-bond acceptors (Lipinski definition) is 6. The van der Waals surface area contributed by atoms with Crippen LogP contribution in [0.3, 0.4) is 0 Å².